The molecule has 4 fully saturated rings. The maximum absolute atomic E-state index is 14.1. The number of benzene rings is 1. The van der Waals surface area contributed by atoms with Crippen LogP contribution in [0.25, 0.3) is 0 Å². The highest BCUT2D eigenvalue weighted by Crippen LogP contribution is 2.75. The lowest BCUT2D eigenvalue weighted by Gasteiger charge is -2.70. The first-order chi connectivity index (χ1) is 18.3. The molecule has 0 amide bonds. The monoisotopic (exact) mass is 530 g/mol. The Morgan fingerprint density at radius 1 is 0.846 bits per heavy atom. The van der Waals surface area contributed by atoms with Crippen LogP contribution in [0.2, 0.25) is 0 Å². The summed E-state index contributed by atoms with van der Waals surface area (Å²) in [5.41, 5.74) is 4.00. The first kappa shape index (κ1) is 27.6. The molecule has 0 aliphatic heterocycles. The normalized spacial score (nSPS) is 44.1. The van der Waals surface area contributed by atoms with Crippen LogP contribution >= 0.6 is 0 Å². The van der Waals surface area contributed by atoms with E-state index in [-0.39, 0.29) is 22.2 Å². The smallest absolute Gasteiger partial charge is 0.313 e. The Hall–Kier alpha value is -1.57. The van der Waals surface area contributed by atoms with Crippen LogP contribution in [0, 0.1) is 50.2 Å². The fourth-order valence-electron chi connectivity index (χ4n) is 11.6. The Bertz CT molecular complexity index is 1150. The van der Waals surface area contributed by atoms with Gasteiger partial charge in [-0.3, -0.25) is 4.79 Å². The van der Waals surface area contributed by atoms with E-state index >= 15 is 0 Å². The van der Waals surface area contributed by atoms with Crippen molar-refractivity contribution in [2.75, 3.05) is 0 Å². The second-order valence-corrected chi connectivity index (χ2v) is 16.8. The number of rotatable bonds is 3. The molecule has 5 aliphatic carbocycles. The lowest BCUT2D eigenvalue weighted by atomic mass is 9.33. The Morgan fingerprint density at radius 2 is 1.56 bits per heavy atom. The molecule has 0 aromatic heterocycles. The number of carbonyl (C=O) groups excluding carboxylic acids is 1. The molecule has 39 heavy (non-hydrogen) atoms. The Balaban J connectivity index is 1.36. The molecule has 214 valence electrons. The van der Waals surface area contributed by atoms with Gasteiger partial charge in [0.05, 0.1) is 5.41 Å². The topological polar surface area (TPSA) is 26.3 Å². The molecule has 2 nitrogen and oxygen atoms in total. The van der Waals surface area contributed by atoms with E-state index < -0.39 is 0 Å². The minimum absolute atomic E-state index is 0.0757. The molecular formula is C37H54O2. The molecule has 0 radical (unpaired) electrons. The summed E-state index contributed by atoms with van der Waals surface area (Å²) in [6.07, 6.45) is 16.1. The SMILES string of the molecule is CC1(C)CC[C@]2(C(=O)OCc3ccccc3)CC[C@]3(C)C(=CC[C@@H]4[C@@]5(C)CCCC(C)(C)[C@@H]5CC[C@]43C)[C@@H]2C1. The molecule has 7 atom stereocenters. The predicted octanol–water partition coefficient (Wildman–Crippen LogP) is 9.92. The van der Waals surface area contributed by atoms with Crippen molar-refractivity contribution in [1.82, 2.24) is 0 Å². The third kappa shape index (κ3) is 3.96. The van der Waals surface area contributed by atoms with E-state index in [0.717, 1.165) is 49.5 Å². The molecule has 0 unspecified atom stereocenters. The molecule has 0 heterocycles. The summed E-state index contributed by atoms with van der Waals surface area (Å²) in [5, 5.41) is 0. The van der Waals surface area contributed by atoms with Crippen molar-refractivity contribution in [2.45, 2.75) is 126 Å². The molecule has 6 rings (SSSR count). The minimum Gasteiger partial charge on any atom is -0.460 e. The molecular weight excluding hydrogens is 476 g/mol. The van der Waals surface area contributed by atoms with Crippen molar-refractivity contribution in [3.05, 3.63) is 47.5 Å². The number of hydrogen-bond acceptors (Lipinski definition) is 2. The van der Waals surface area contributed by atoms with E-state index in [0.29, 0.717) is 28.8 Å². The Labute approximate surface area is 238 Å². The van der Waals surface area contributed by atoms with Crippen LogP contribution in [0.3, 0.4) is 0 Å². The van der Waals surface area contributed by atoms with Gasteiger partial charge in [0.25, 0.3) is 0 Å². The van der Waals surface area contributed by atoms with Crippen LogP contribution in [0.4, 0.5) is 0 Å². The summed E-state index contributed by atoms with van der Waals surface area (Å²) in [6.45, 7) is 18.4. The first-order valence-corrected chi connectivity index (χ1v) is 16.2. The average molecular weight is 531 g/mol. The van der Waals surface area contributed by atoms with Gasteiger partial charge in [-0.25, -0.2) is 0 Å². The van der Waals surface area contributed by atoms with Crippen LogP contribution in [0.1, 0.15) is 125 Å². The van der Waals surface area contributed by atoms with Gasteiger partial charge in [0.2, 0.25) is 0 Å². The van der Waals surface area contributed by atoms with Crippen LogP contribution in [-0.4, -0.2) is 5.97 Å². The molecule has 0 saturated heterocycles. The summed E-state index contributed by atoms with van der Waals surface area (Å²) in [7, 11) is 0. The van der Waals surface area contributed by atoms with Crippen molar-refractivity contribution in [1.29, 1.82) is 0 Å². The van der Waals surface area contributed by atoms with E-state index in [1.807, 2.05) is 18.2 Å². The van der Waals surface area contributed by atoms with Gasteiger partial charge in [0.15, 0.2) is 0 Å². The van der Waals surface area contributed by atoms with E-state index in [4.69, 9.17) is 4.74 Å². The second-order valence-electron chi connectivity index (χ2n) is 16.8. The van der Waals surface area contributed by atoms with Crippen LogP contribution < -0.4 is 0 Å². The summed E-state index contributed by atoms with van der Waals surface area (Å²) in [6, 6.07) is 10.2. The van der Waals surface area contributed by atoms with Gasteiger partial charge in [-0.15, -0.1) is 0 Å². The summed E-state index contributed by atoms with van der Waals surface area (Å²) in [5.74, 6) is 1.96. The first-order valence-electron chi connectivity index (χ1n) is 16.2. The molecule has 1 aromatic carbocycles. The molecule has 2 heteroatoms. The lowest BCUT2D eigenvalue weighted by Crippen LogP contribution is -2.63. The zero-order chi connectivity index (χ0) is 27.9. The molecule has 5 aliphatic rings. The van der Waals surface area contributed by atoms with Crippen molar-refractivity contribution in [3.63, 3.8) is 0 Å². The fraction of sp³-hybridized carbons (Fsp3) is 0.757. The average Bonchev–Trinajstić information content (AvgIpc) is 2.87. The minimum atomic E-state index is -0.354. The standard InChI is InChI=1S/C37H54O2/c1-32(2)20-22-37(31(38)39-25-26-12-9-8-10-13-26)23-21-35(6)27(28(37)24-32)14-15-30-34(5)18-11-17-33(3,4)29(34)16-19-36(30,35)7/h8-10,12-14,28-30H,11,15-25H2,1-7H3/t28-,29-,30+,34-,35+,36+,37-/m0/s1. The van der Waals surface area contributed by atoms with Gasteiger partial charge in [-0.05, 0) is 115 Å². The van der Waals surface area contributed by atoms with Crippen LogP contribution in [0.15, 0.2) is 42.0 Å². The molecule has 0 bridgehead atoms. The molecule has 0 spiro atoms. The summed E-state index contributed by atoms with van der Waals surface area (Å²) >= 11 is 0. The molecule has 4 saturated carbocycles. The third-order valence-electron chi connectivity index (χ3n) is 14.0. The largest absolute Gasteiger partial charge is 0.460 e. The van der Waals surface area contributed by atoms with Crippen LogP contribution in [-0.2, 0) is 16.1 Å². The number of esters is 1. The van der Waals surface area contributed by atoms with Crippen molar-refractivity contribution >= 4 is 5.97 Å². The van der Waals surface area contributed by atoms with Gasteiger partial charge in [0, 0.05) is 0 Å². The van der Waals surface area contributed by atoms with Gasteiger partial charge < -0.3 is 4.74 Å². The highest BCUT2D eigenvalue weighted by atomic mass is 16.5. The van der Waals surface area contributed by atoms with Gasteiger partial charge in [0.1, 0.15) is 6.61 Å². The molecule has 0 N–H and O–H groups in total. The summed E-state index contributed by atoms with van der Waals surface area (Å²) in [4.78, 5) is 14.1. The Morgan fingerprint density at radius 3 is 2.31 bits per heavy atom. The zero-order valence-electron chi connectivity index (χ0n) is 26.0. The number of hydrogen-bond donors (Lipinski definition) is 0. The number of fused-ring (bicyclic) bond motifs is 7. The van der Waals surface area contributed by atoms with E-state index in [9.17, 15) is 4.79 Å². The number of carbonyl (C=O) groups is 1. The van der Waals surface area contributed by atoms with Crippen molar-refractivity contribution in [2.24, 2.45) is 50.2 Å². The van der Waals surface area contributed by atoms with Crippen molar-refractivity contribution < 1.29 is 9.53 Å². The third-order valence-corrected chi connectivity index (χ3v) is 14.0. The van der Waals surface area contributed by atoms with Crippen LogP contribution in [0.5, 0.6) is 0 Å². The molecule has 1 aromatic rings. The quantitative estimate of drug-likeness (QED) is 0.287. The van der Waals surface area contributed by atoms with E-state index in [2.05, 4.69) is 66.7 Å². The zero-order valence-corrected chi connectivity index (χ0v) is 26.0. The maximum atomic E-state index is 14.1. The highest BCUT2D eigenvalue weighted by molar-refractivity contribution is 5.79. The number of ether oxygens (including phenoxy) is 1. The van der Waals surface area contributed by atoms with Gasteiger partial charge in [-0.2, -0.15) is 0 Å². The van der Waals surface area contributed by atoms with E-state index in [1.54, 1.807) is 5.57 Å². The van der Waals surface area contributed by atoms with E-state index in [1.165, 1.54) is 38.5 Å². The number of allylic oxidation sites excluding steroid dienone is 2. The lowest BCUT2D eigenvalue weighted by molar-refractivity contribution is -0.190. The summed E-state index contributed by atoms with van der Waals surface area (Å²) < 4.78 is 6.18. The van der Waals surface area contributed by atoms with Gasteiger partial charge >= 0.3 is 5.97 Å². The fourth-order valence-corrected chi connectivity index (χ4v) is 11.6. The highest BCUT2D eigenvalue weighted by Gasteiger charge is 2.68. The van der Waals surface area contributed by atoms with Crippen molar-refractivity contribution in [3.8, 4) is 0 Å². The predicted molar refractivity (Wildman–Crippen MR) is 160 cm³/mol. The maximum Gasteiger partial charge on any atom is 0.313 e. The second kappa shape index (κ2) is 8.96. The Kier molecular flexibility index (Phi) is 6.34. The van der Waals surface area contributed by atoms with Gasteiger partial charge in [-0.1, -0.05) is 96.9 Å².